The van der Waals surface area contributed by atoms with Crippen LogP contribution in [-0.4, -0.2) is 28.7 Å². The van der Waals surface area contributed by atoms with Gasteiger partial charge < -0.3 is 10.5 Å². The summed E-state index contributed by atoms with van der Waals surface area (Å²) in [7, 11) is -2.16. The SMILES string of the molecule is COCCNS(=O)(=O)c1ccc(F)c(CN)c1. The molecule has 5 nitrogen and oxygen atoms in total. The molecule has 0 aliphatic carbocycles. The summed E-state index contributed by atoms with van der Waals surface area (Å²) in [6.07, 6.45) is 0. The minimum Gasteiger partial charge on any atom is -0.383 e. The highest BCUT2D eigenvalue weighted by molar-refractivity contribution is 7.89. The Bertz CT molecular complexity index is 476. The van der Waals surface area contributed by atoms with Crippen molar-refractivity contribution in [2.75, 3.05) is 20.3 Å². The molecule has 0 aromatic heterocycles. The number of nitrogens with two attached hydrogens (primary N) is 1. The van der Waals surface area contributed by atoms with E-state index in [-0.39, 0.29) is 30.2 Å². The van der Waals surface area contributed by atoms with Crippen molar-refractivity contribution in [3.63, 3.8) is 0 Å². The molecule has 0 saturated heterocycles. The number of methoxy groups -OCH3 is 1. The minimum absolute atomic E-state index is 0.00421. The van der Waals surface area contributed by atoms with Crippen molar-refractivity contribution >= 4 is 10.0 Å². The Balaban J connectivity index is 2.91. The Kier molecular flexibility index (Phi) is 5.01. The lowest BCUT2D eigenvalue weighted by atomic mass is 10.2. The molecule has 0 heterocycles. The van der Waals surface area contributed by atoms with E-state index in [0.29, 0.717) is 0 Å². The second-order valence-corrected chi connectivity index (χ2v) is 5.11. The molecule has 0 unspecified atom stereocenters. The van der Waals surface area contributed by atoms with Gasteiger partial charge in [0.15, 0.2) is 0 Å². The molecule has 96 valence electrons. The molecule has 3 N–H and O–H groups in total. The van der Waals surface area contributed by atoms with Crippen LogP contribution in [0.4, 0.5) is 4.39 Å². The molecule has 1 rings (SSSR count). The Hall–Kier alpha value is -1.02. The van der Waals surface area contributed by atoms with Crippen molar-refractivity contribution in [2.45, 2.75) is 11.4 Å². The van der Waals surface area contributed by atoms with Crippen LogP contribution in [0.3, 0.4) is 0 Å². The molecular weight excluding hydrogens is 247 g/mol. The van der Waals surface area contributed by atoms with Crippen LogP contribution in [0.1, 0.15) is 5.56 Å². The summed E-state index contributed by atoms with van der Waals surface area (Å²) in [4.78, 5) is -0.00421. The molecule has 0 aliphatic heterocycles. The number of ether oxygens (including phenoxy) is 1. The Labute approximate surface area is 99.8 Å². The number of hydrogen-bond acceptors (Lipinski definition) is 4. The second kappa shape index (κ2) is 6.06. The summed E-state index contributed by atoms with van der Waals surface area (Å²) in [5.74, 6) is -0.511. The number of nitrogens with one attached hydrogen (secondary N) is 1. The second-order valence-electron chi connectivity index (χ2n) is 3.35. The van der Waals surface area contributed by atoms with Gasteiger partial charge in [-0.25, -0.2) is 17.5 Å². The van der Waals surface area contributed by atoms with Crippen molar-refractivity contribution in [3.05, 3.63) is 29.6 Å². The van der Waals surface area contributed by atoms with Crippen molar-refractivity contribution in [3.8, 4) is 0 Å². The van der Waals surface area contributed by atoms with E-state index in [1.807, 2.05) is 0 Å². The fourth-order valence-corrected chi connectivity index (χ4v) is 2.30. The first-order valence-corrected chi connectivity index (χ1v) is 6.46. The van der Waals surface area contributed by atoms with E-state index in [1.54, 1.807) is 0 Å². The summed E-state index contributed by atoms with van der Waals surface area (Å²) in [5.41, 5.74) is 5.48. The van der Waals surface area contributed by atoms with E-state index < -0.39 is 15.8 Å². The first-order valence-electron chi connectivity index (χ1n) is 4.98. The largest absolute Gasteiger partial charge is 0.383 e. The third-order valence-corrected chi connectivity index (χ3v) is 3.60. The van der Waals surface area contributed by atoms with E-state index >= 15 is 0 Å². The van der Waals surface area contributed by atoms with Crippen molar-refractivity contribution in [2.24, 2.45) is 5.73 Å². The zero-order valence-electron chi connectivity index (χ0n) is 9.44. The zero-order chi connectivity index (χ0) is 12.9. The lowest BCUT2D eigenvalue weighted by Crippen LogP contribution is -2.27. The first-order chi connectivity index (χ1) is 8.01. The number of sulfonamides is 1. The van der Waals surface area contributed by atoms with Crippen LogP contribution in [0.2, 0.25) is 0 Å². The van der Waals surface area contributed by atoms with Crippen LogP contribution in [-0.2, 0) is 21.3 Å². The molecule has 0 bridgehead atoms. The van der Waals surface area contributed by atoms with E-state index in [9.17, 15) is 12.8 Å². The van der Waals surface area contributed by atoms with Crippen LogP contribution < -0.4 is 10.5 Å². The van der Waals surface area contributed by atoms with E-state index in [1.165, 1.54) is 19.2 Å². The Morgan fingerprint density at radius 3 is 2.76 bits per heavy atom. The lowest BCUT2D eigenvalue weighted by molar-refractivity contribution is 0.204. The predicted octanol–water partition coefficient (Wildman–Crippen LogP) is 0.209. The lowest BCUT2D eigenvalue weighted by Gasteiger charge is -2.08. The number of hydrogen-bond donors (Lipinski definition) is 2. The molecule has 17 heavy (non-hydrogen) atoms. The van der Waals surface area contributed by atoms with Crippen molar-refractivity contribution < 1.29 is 17.5 Å². The van der Waals surface area contributed by atoms with E-state index in [0.717, 1.165) is 6.07 Å². The highest BCUT2D eigenvalue weighted by Crippen LogP contribution is 2.14. The summed E-state index contributed by atoms with van der Waals surface area (Å²) >= 11 is 0. The molecule has 0 spiro atoms. The average molecular weight is 262 g/mol. The summed E-state index contributed by atoms with van der Waals surface area (Å²) < 4.78 is 43.7. The fourth-order valence-electron chi connectivity index (χ4n) is 1.24. The van der Waals surface area contributed by atoms with Gasteiger partial charge in [0.25, 0.3) is 0 Å². The molecule has 7 heteroatoms. The molecule has 0 atom stereocenters. The number of benzene rings is 1. The molecule has 0 aliphatic rings. The average Bonchev–Trinajstić information content (AvgIpc) is 2.29. The smallest absolute Gasteiger partial charge is 0.240 e. The summed E-state index contributed by atoms with van der Waals surface area (Å²) in [6, 6.07) is 3.52. The van der Waals surface area contributed by atoms with Gasteiger partial charge >= 0.3 is 0 Å². The van der Waals surface area contributed by atoms with Gasteiger partial charge in [-0.3, -0.25) is 0 Å². The Morgan fingerprint density at radius 1 is 1.47 bits per heavy atom. The maximum atomic E-state index is 13.1. The normalized spacial score (nSPS) is 11.7. The molecule has 0 radical (unpaired) electrons. The maximum Gasteiger partial charge on any atom is 0.240 e. The van der Waals surface area contributed by atoms with Gasteiger partial charge in [0.05, 0.1) is 11.5 Å². The Morgan fingerprint density at radius 2 is 2.18 bits per heavy atom. The fraction of sp³-hybridized carbons (Fsp3) is 0.400. The van der Waals surface area contributed by atoms with Crippen LogP contribution >= 0.6 is 0 Å². The monoisotopic (exact) mass is 262 g/mol. The standard InChI is InChI=1S/C10H15FN2O3S/c1-16-5-4-13-17(14,15)9-2-3-10(11)8(6-9)7-12/h2-3,6,13H,4-5,7,12H2,1H3. The van der Waals surface area contributed by atoms with Gasteiger partial charge in [0.1, 0.15) is 5.82 Å². The van der Waals surface area contributed by atoms with E-state index in [2.05, 4.69) is 4.72 Å². The summed E-state index contributed by atoms with van der Waals surface area (Å²) in [6.45, 7) is 0.381. The van der Waals surface area contributed by atoms with Gasteiger partial charge in [0, 0.05) is 25.8 Å². The topological polar surface area (TPSA) is 81.4 Å². The van der Waals surface area contributed by atoms with Gasteiger partial charge in [-0.1, -0.05) is 0 Å². The van der Waals surface area contributed by atoms with E-state index in [4.69, 9.17) is 10.5 Å². The minimum atomic E-state index is -3.63. The van der Waals surface area contributed by atoms with Crippen molar-refractivity contribution in [1.82, 2.24) is 4.72 Å². The molecule has 0 saturated carbocycles. The van der Waals surface area contributed by atoms with Gasteiger partial charge in [-0.05, 0) is 18.2 Å². The van der Waals surface area contributed by atoms with Crippen molar-refractivity contribution in [1.29, 1.82) is 0 Å². The first kappa shape index (κ1) is 14.0. The highest BCUT2D eigenvalue weighted by atomic mass is 32.2. The molecular formula is C10H15FN2O3S. The third-order valence-electron chi connectivity index (χ3n) is 2.15. The van der Waals surface area contributed by atoms with Crippen LogP contribution in [0, 0.1) is 5.82 Å². The quantitative estimate of drug-likeness (QED) is 0.718. The predicted molar refractivity (Wildman–Crippen MR) is 61.4 cm³/mol. The van der Waals surface area contributed by atoms with Crippen LogP contribution in [0.15, 0.2) is 23.1 Å². The van der Waals surface area contributed by atoms with Gasteiger partial charge in [-0.2, -0.15) is 0 Å². The molecule has 1 aromatic carbocycles. The van der Waals surface area contributed by atoms with Gasteiger partial charge in [-0.15, -0.1) is 0 Å². The molecule has 0 fully saturated rings. The summed E-state index contributed by atoms with van der Waals surface area (Å²) in [5, 5.41) is 0. The highest BCUT2D eigenvalue weighted by Gasteiger charge is 2.15. The third kappa shape index (κ3) is 3.74. The van der Waals surface area contributed by atoms with Crippen LogP contribution in [0.25, 0.3) is 0 Å². The molecule has 0 amide bonds. The molecule has 1 aromatic rings. The zero-order valence-corrected chi connectivity index (χ0v) is 10.3. The number of halogens is 1. The maximum absolute atomic E-state index is 13.1. The van der Waals surface area contributed by atoms with Gasteiger partial charge in [0.2, 0.25) is 10.0 Å². The van der Waals surface area contributed by atoms with Crippen LogP contribution in [0.5, 0.6) is 0 Å². The number of rotatable bonds is 6.